The third-order valence-corrected chi connectivity index (χ3v) is 3.60. The number of halogens is 1. The zero-order valence-electron chi connectivity index (χ0n) is 8.33. The van der Waals surface area contributed by atoms with E-state index >= 15 is 0 Å². The van der Waals surface area contributed by atoms with Gasteiger partial charge < -0.3 is 10.6 Å². The molecule has 1 aromatic rings. The average Bonchev–Trinajstić information content (AvgIpc) is 2.57. The first kappa shape index (κ1) is 9.99. The molecule has 1 heterocycles. The highest BCUT2D eigenvalue weighted by Gasteiger charge is 2.19. The van der Waals surface area contributed by atoms with E-state index in [2.05, 4.69) is 46.0 Å². The molecule has 0 aliphatic carbocycles. The molecule has 1 aliphatic rings. The fraction of sp³-hybridized carbons (Fsp3) is 0.455. The van der Waals surface area contributed by atoms with Crippen LogP contribution in [0.25, 0.3) is 0 Å². The summed E-state index contributed by atoms with van der Waals surface area (Å²) < 4.78 is 1.18. The van der Waals surface area contributed by atoms with Crippen LogP contribution in [0.4, 0.5) is 5.69 Å². The van der Waals surface area contributed by atoms with E-state index < -0.39 is 0 Å². The van der Waals surface area contributed by atoms with Crippen LogP contribution in [-0.2, 0) is 0 Å². The standard InChI is InChI=1S/C11H15BrN2/c1-8-2-3-10(6-11(8)12)14-5-4-9(13)7-14/h2-3,6,9H,4-5,7,13H2,1H3/t9-/m0/s1. The van der Waals surface area contributed by atoms with Crippen molar-refractivity contribution in [2.24, 2.45) is 5.73 Å². The highest BCUT2D eigenvalue weighted by molar-refractivity contribution is 9.10. The summed E-state index contributed by atoms with van der Waals surface area (Å²) in [4.78, 5) is 2.34. The fourth-order valence-electron chi connectivity index (χ4n) is 1.80. The minimum Gasteiger partial charge on any atom is -0.370 e. The number of aryl methyl sites for hydroxylation is 1. The van der Waals surface area contributed by atoms with Crippen LogP contribution in [0.2, 0.25) is 0 Å². The van der Waals surface area contributed by atoms with Crippen LogP contribution in [0.15, 0.2) is 22.7 Å². The molecule has 0 bridgehead atoms. The van der Waals surface area contributed by atoms with Gasteiger partial charge in [-0.15, -0.1) is 0 Å². The lowest BCUT2D eigenvalue weighted by Crippen LogP contribution is -2.26. The van der Waals surface area contributed by atoms with Crippen molar-refractivity contribution in [3.63, 3.8) is 0 Å². The molecule has 1 saturated heterocycles. The number of anilines is 1. The first-order valence-corrected chi connectivity index (χ1v) is 5.73. The Kier molecular flexibility index (Phi) is 2.79. The molecule has 0 amide bonds. The van der Waals surface area contributed by atoms with Crippen molar-refractivity contribution in [1.29, 1.82) is 0 Å². The van der Waals surface area contributed by atoms with Crippen molar-refractivity contribution in [1.82, 2.24) is 0 Å². The molecule has 2 nitrogen and oxygen atoms in total. The zero-order chi connectivity index (χ0) is 10.1. The van der Waals surface area contributed by atoms with E-state index in [9.17, 15) is 0 Å². The Morgan fingerprint density at radius 2 is 2.29 bits per heavy atom. The first-order chi connectivity index (χ1) is 6.66. The maximum Gasteiger partial charge on any atom is 0.0378 e. The predicted octanol–water partition coefficient (Wildman–Crippen LogP) is 2.29. The molecule has 14 heavy (non-hydrogen) atoms. The van der Waals surface area contributed by atoms with E-state index in [0.29, 0.717) is 6.04 Å². The topological polar surface area (TPSA) is 29.3 Å². The number of benzene rings is 1. The SMILES string of the molecule is Cc1ccc(N2CC[C@H](N)C2)cc1Br. The molecular weight excluding hydrogens is 240 g/mol. The maximum atomic E-state index is 5.88. The van der Waals surface area contributed by atoms with Crippen LogP contribution in [-0.4, -0.2) is 19.1 Å². The summed E-state index contributed by atoms with van der Waals surface area (Å²) in [6, 6.07) is 6.82. The Hall–Kier alpha value is -0.540. The third-order valence-electron chi connectivity index (χ3n) is 2.75. The second-order valence-corrected chi connectivity index (χ2v) is 4.78. The lowest BCUT2D eigenvalue weighted by molar-refractivity contribution is 0.752. The van der Waals surface area contributed by atoms with Gasteiger partial charge in [0, 0.05) is 29.3 Å². The van der Waals surface area contributed by atoms with E-state index in [1.807, 2.05) is 0 Å². The van der Waals surface area contributed by atoms with Gasteiger partial charge in [-0.2, -0.15) is 0 Å². The molecule has 0 saturated carbocycles. The van der Waals surface area contributed by atoms with Crippen LogP contribution in [0.1, 0.15) is 12.0 Å². The second kappa shape index (κ2) is 3.91. The van der Waals surface area contributed by atoms with Gasteiger partial charge in [0.2, 0.25) is 0 Å². The molecule has 76 valence electrons. The monoisotopic (exact) mass is 254 g/mol. The molecule has 1 aromatic carbocycles. The average molecular weight is 255 g/mol. The Morgan fingerprint density at radius 1 is 1.50 bits per heavy atom. The molecule has 1 aliphatic heterocycles. The molecule has 1 atom stereocenters. The molecular formula is C11H15BrN2. The molecule has 3 heteroatoms. The van der Waals surface area contributed by atoms with Gasteiger partial charge in [0.1, 0.15) is 0 Å². The van der Waals surface area contributed by atoms with E-state index in [1.54, 1.807) is 0 Å². The quantitative estimate of drug-likeness (QED) is 0.834. The normalized spacial score (nSPS) is 21.6. The lowest BCUT2D eigenvalue weighted by atomic mass is 10.2. The zero-order valence-corrected chi connectivity index (χ0v) is 9.92. The van der Waals surface area contributed by atoms with Crippen molar-refractivity contribution in [2.45, 2.75) is 19.4 Å². The third kappa shape index (κ3) is 1.93. The summed E-state index contributed by atoms with van der Waals surface area (Å²) in [5.41, 5.74) is 8.43. The van der Waals surface area contributed by atoms with Crippen LogP contribution < -0.4 is 10.6 Å². The number of hydrogen-bond acceptors (Lipinski definition) is 2. The van der Waals surface area contributed by atoms with E-state index in [4.69, 9.17) is 5.73 Å². The van der Waals surface area contributed by atoms with Crippen molar-refractivity contribution in [2.75, 3.05) is 18.0 Å². The summed E-state index contributed by atoms with van der Waals surface area (Å²) in [6.45, 7) is 4.16. The van der Waals surface area contributed by atoms with Gasteiger partial charge in [-0.25, -0.2) is 0 Å². The number of rotatable bonds is 1. The Bertz CT molecular complexity index is 338. The maximum absolute atomic E-state index is 5.88. The molecule has 0 aromatic heterocycles. The lowest BCUT2D eigenvalue weighted by Gasteiger charge is -2.18. The summed E-state index contributed by atoms with van der Waals surface area (Å²) in [6.07, 6.45) is 1.10. The number of hydrogen-bond donors (Lipinski definition) is 1. The van der Waals surface area contributed by atoms with Gasteiger partial charge in [-0.1, -0.05) is 22.0 Å². The van der Waals surface area contributed by atoms with Crippen molar-refractivity contribution in [3.8, 4) is 0 Å². The first-order valence-electron chi connectivity index (χ1n) is 4.93. The van der Waals surface area contributed by atoms with Gasteiger partial charge in [0.15, 0.2) is 0 Å². The minimum atomic E-state index is 0.343. The minimum absolute atomic E-state index is 0.343. The Balaban J connectivity index is 2.20. The van der Waals surface area contributed by atoms with Crippen molar-refractivity contribution < 1.29 is 0 Å². The summed E-state index contributed by atoms with van der Waals surface area (Å²) in [5.74, 6) is 0. The Labute approximate surface area is 93.2 Å². The van der Waals surface area contributed by atoms with Crippen LogP contribution in [0, 0.1) is 6.92 Å². The highest BCUT2D eigenvalue weighted by Crippen LogP contribution is 2.25. The Morgan fingerprint density at radius 3 is 2.86 bits per heavy atom. The van der Waals surface area contributed by atoms with E-state index in [-0.39, 0.29) is 0 Å². The smallest absolute Gasteiger partial charge is 0.0378 e. The van der Waals surface area contributed by atoms with E-state index in [0.717, 1.165) is 19.5 Å². The van der Waals surface area contributed by atoms with Gasteiger partial charge in [-0.05, 0) is 31.0 Å². The molecule has 0 spiro atoms. The molecule has 0 unspecified atom stereocenters. The highest BCUT2D eigenvalue weighted by atomic mass is 79.9. The largest absolute Gasteiger partial charge is 0.370 e. The molecule has 0 radical (unpaired) electrons. The van der Waals surface area contributed by atoms with Crippen LogP contribution in [0.3, 0.4) is 0 Å². The predicted molar refractivity (Wildman–Crippen MR) is 63.7 cm³/mol. The summed E-state index contributed by atoms with van der Waals surface area (Å²) >= 11 is 3.55. The fourth-order valence-corrected chi connectivity index (χ4v) is 2.17. The molecule has 1 fully saturated rings. The van der Waals surface area contributed by atoms with E-state index in [1.165, 1.54) is 15.7 Å². The number of nitrogens with two attached hydrogens (primary N) is 1. The van der Waals surface area contributed by atoms with Gasteiger partial charge in [0.25, 0.3) is 0 Å². The number of nitrogens with zero attached hydrogens (tertiary/aromatic N) is 1. The van der Waals surface area contributed by atoms with Crippen LogP contribution >= 0.6 is 15.9 Å². The van der Waals surface area contributed by atoms with Crippen molar-refractivity contribution in [3.05, 3.63) is 28.2 Å². The summed E-state index contributed by atoms with van der Waals surface area (Å²) in [7, 11) is 0. The van der Waals surface area contributed by atoms with Gasteiger partial charge >= 0.3 is 0 Å². The molecule has 2 N–H and O–H groups in total. The van der Waals surface area contributed by atoms with Gasteiger partial charge in [0.05, 0.1) is 0 Å². The summed E-state index contributed by atoms with van der Waals surface area (Å²) in [5, 5.41) is 0. The molecule has 2 rings (SSSR count). The second-order valence-electron chi connectivity index (χ2n) is 3.93. The van der Waals surface area contributed by atoms with Crippen LogP contribution in [0.5, 0.6) is 0 Å². The van der Waals surface area contributed by atoms with Gasteiger partial charge in [-0.3, -0.25) is 0 Å². The van der Waals surface area contributed by atoms with Crippen molar-refractivity contribution >= 4 is 21.6 Å².